The molecule has 2 N–H and O–H groups in total. The Labute approximate surface area is 280 Å². The highest BCUT2D eigenvalue weighted by Gasteiger charge is 2.39. The van der Waals surface area contributed by atoms with Gasteiger partial charge in [-0.3, -0.25) is 15.0 Å². The van der Waals surface area contributed by atoms with E-state index in [9.17, 15) is 19.2 Å². The number of hydrogen-bond acceptors (Lipinski definition) is 7. The van der Waals surface area contributed by atoms with Crippen molar-refractivity contribution in [3.63, 3.8) is 0 Å². The van der Waals surface area contributed by atoms with Crippen molar-refractivity contribution in [2.45, 2.75) is 98.9 Å². The first-order valence-electron chi connectivity index (χ1n) is 16.9. The number of hydrogen-bond donors (Lipinski definition) is 2. The summed E-state index contributed by atoms with van der Waals surface area (Å²) in [7, 11) is 0. The van der Waals surface area contributed by atoms with Gasteiger partial charge in [-0.1, -0.05) is 70.2 Å². The van der Waals surface area contributed by atoms with Crippen LogP contribution < -0.4 is 10.9 Å². The van der Waals surface area contributed by atoms with Crippen LogP contribution in [0, 0.1) is 23.7 Å². The molecule has 12 heteroatoms. The molecule has 0 saturated carbocycles. The van der Waals surface area contributed by atoms with E-state index in [-0.39, 0.29) is 24.8 Å². The minimum Gasteiger partial charge on any atom is -0.442 e. The lowest BCUT2D eigenvalue weighted by Gasteiger charge is -2.36. The Kier molecular flexibility index (Phi) is 14.5. The third-order valence-electron chi connectivity index (χ3n) is 7.69. The molecule has 1 aromatic rings. The van der Waals surface area contributed by atoms with E-state index in [0.717, 1.165) is 18.4 Å². The fraction of sp³-hybridized carbons (Fsp3) is 0.657. The Bertz CT molecular complexity index is 1190. The summed E-state index contributed by atoms with van der Waals surface area (Å²) in [6.45, 7) is 14.5. The van der Waals surface area contributed by atoms with E-state index >= 15 is 0 Å². The molecule has 3 atom stereocenters. The third kappa shape index (κ3) is 12.5. The van der Waals surface area contributed by atoms with E-state index in [1.165, 1.54) is 15.0 Å². The number of rotatable bonds is 12. The number of carbonyl (C=O) groups is 4. The lowest BCUT2D eigenvalue weighted by Crippen LogP contribution is -2.58. The first-order chi connectivity index (χ1) is 22.2. The topological polar surface area (TPSA) is 130 Å². The summed E-state index contributed by atoms with van der Waals surface area (Å²) in [5.41, 5.74) is 5.65. The number of amides is 5. The summed E-state index contributed by atoms with van der Waals surface area (Å²) >= 11 is 0. The van der Waals surface area contributed by atoms with Gasteiger partial charge in [-0.05, 0) is 70.3 Å². The fourth-order valence-electron chi connectivity index (χ4n) is 5.54. The number of hydrazine groups is 2. The van der Waals surface area contributed by atoms with Crippen molar-refractivity contribution in [1.82, 2.24) is 25.9 Å². The predicted molar refractivity (Wildman–Crippen MR) is 179 cm³/mol. The van der Waals surface area contributed by atoms with Gasteiger partial charge in [-0.25, -0.2) is 34.9 Å². The van der Waals surface area contributed by atoms with Crippen LogP contribution in [0.2, 0.25) is 0 Å². The second kappa shape index (κ2) is 18.1. The molecule has 0 aliphatic carbocycles. The van der Waals surface area contributed by atoms with Crippen LogP contribution in [-0.2, 0) is 23.9 Å². The van der Waals surface area contributed by atoms with Crippen LogP contribution in [0.1, 0.15) is 92.6 Å². The van der Waals surface area contributed by atoms with Gasteiger partial charge in [0.15, 0.2) is 6.29 Å². The number of carbonyl (C=O) groups excluding carboxylic acids is 4. The minimum atomic E-state index is -0.804. The molecule has 1 unspecified atom stereocenters. The number of benzene rings is 1. The van der Waals surface area contributed by atoms with Crippen molar-refractivity contribution in [3.05, 3.63) is 42.0 Å². The van der Waals surface area contributed by atoms with E-state index in [2.05, 4.69) is 10.9 Å². The smallest absolute Gasteiger partial charge is 0.429 e. The SMILES string of the molecule is CC(C)C[C@@H](C(=O)NN(CC(C)C)C(=O)N1CCCN1C(=O)OC(C)(C)C)[C@H](C/C=C/c1ccccc1)C(=O)NOC1CCCCO1. The maximum absolute atomic E-state index is 14.2. The standard InChI is InChI=1S/C35H55N5O7/c1-25(2)23-29(28(18-13-17-27-15-9-8-10-16-27)32(42)37-47-30-19-11-12-22-45-30)31(41)36-38(24-26(3)4)33(43)39-20-14-21-40(39)34(44)46-35(5,6)7/h8-10,13,15-17,25-26,28-30H,11-12,14,18-24H2,1-7H3,(H,36,41)(H,37,42)/b17-13+/t28-,29+,30?/m0/s1. The van der Waals surface area contributed by atoms with Gasteiger partial charge in [0.2, 0.25) is 11.8 Å². The zero-order valence-electron chi connectivity index (χ0n) is 29.2. The van der Waals surface area contributed by atoms with E-state index in [1.807, 2.05) is 70.2 Å². The molecule has 1 aromatic carbocycles. The normalized spacial score (nSPS) is 18.4. The number of urea groups is 1. The van der Waals surface area contributed by atoms with Gasteiger partial charge in [-0.2, -0.15) is 0 Å². The van der Waals surface area contributed by atoms with Crippen LogP contribution in [0.5, 0.6) is 0 Å². The zero-order valence-corrected chi connectivity index (χ0v) is 29.2. The molecule has 0 bridgehead atoms. The second-order valence-corrected chi connectivity index (χ2v) is 14.1. The van der Waals surface area contributed by atoms with E-state index in [1.54, 1.807) is 20.8 Å². The summed E-state index contributed by atoms with van der Waals surface area (Å²) in [6.07, 6.45) is 6.40. The molecule has 2 heterocycles. The first kappa shape index (κ1) is 37.8. The molecule has 262 valence electrons. The van der Waals surface area contributed by atoms with Crippen molar-refractivity contribution in [2.24, 2.45) is 23.7 Å². The summed E-state index contributed by atoms with van der Waals surface area (Å²) in [6, 6.07) is 9.17. The summed E-state index contributed by atoms with van der Waals surface area (Å²) in [5, 5.41) is 3.86. The Morgan fingerprint density at radius 3 is 2.28 bits per heavy atom. The van der Waals surface area contributed by atoms with Crippen molar-refractivity contribution in [2.75, 3.05) is 26.2 Å². The maximum atomic E-state index is 14.2. The molecule has 2 aliphatic heterocycles. The Balaban J connectivity index is 1.85. The van der Waals surface area contributed by atoms with Crippen molar-refractivity contribution in [3.8, 4) is 0 Å². The molecule has 47 heavy (non-hydrogen) atoms. The van der Waals surface area contributed by atoms with Crippen LogP contribution in [0.4, 0.5) is 9.59 Å². The van der Waals surface area contributed by atoms with Crippen LogP contribution in [0.3, 0.4) is 0 Å². The molecular weight excluding hydrogens is 602 g/mol. The van der Waals surface area contributed by atoms with Crippen LogP contribution >= 0.6 is 0 Å². The van der Waals surface area contributed by atoms with Crippen molar-refractivity contribution >= 4 is 30.0 Å². The van der Waals surface area contributed by atoms with Gasteiger partial charge >= 0.3 is 12.1 Å². The molecule has 2 fully saturated rings. The first-order valence-corrected chi connectivity index (χ1v) is 16.9. The molecule has 3 rings (SSSR count). The molecule has 5 amide bonds. The number of nitrogens with one attached hydrogen (secondary N) is 2. The average molecular weight is 658 g/mol. The Hall–Kier alpha value is -3.64. The number of ether oxygens (including phenoxy) is 2. The van der Waals surface area contributed by atoms with Gasteiger partial charge in [0, 0.05) is 32.7 Å². The summed E-state index contributed by atoms with van der Waals surface area (Å²) < 4.78 is 11.2. The monoisotopic (exact) mass is 657 g/mol. The van der Waals surface area contributed by atoms with Gasteiger partial charge in [0.05, 0.1) is 11.8 Å². The molecule has 2 saturated heterocycles. The Morgan fingerprint density at radius 2 is 1.66 bits per heavy atom. The van der Waals surface area contributed by atoms with Crippen LogP contribution in [0.25, 0.3) is 6.08 Å². The highest BCUT2D eigenvalue weighted by molar-refractivity contribution is 5.89. The number of nitrogens with zero attached hydrogens (tertiary/aromatic N) is 3. The zero-order chi connectivity index (χ0) is 34.6. The fourth-order valence-corrected chi connectivity index (χ4v) is 5.54. The molecule has 0 radical (unpaired) electrons. The largest absolute Gasteiger partial charge is 0.442 e. The molecule has 0 spiro atoms. The predicted octanol–water partition coefficient (Wildman–Crippen LogP) is 5.91. The summed E-state index contributed by atoms with van der Waals surface area (Å²) in [4.78, 5) is 60.4. The lowest BCUT2D eigenvalue weighted by atomic mass is 9.82. The average Bonchev–Trinajstić information content (AvgIpc) is 3.51. The maximum Gasteiger partial charge on any atom is 0.429 e. The molecule has 2 aliphatic rings. The van der Waals surface area contributed by atoms with Gasteiger partial charge in [-0.15, -0.1) is 0 Å². The third-order valence-corrected chi connectivity index (χ3v) is 7.69. The highest BCUT2D eigenvalue weighted by Crippen LogP contribution is 2.27. The van der Waals surface area contributed by atoms with Crippen molar-refractivity contribution in [1.29, 1.82) is 0 Å². The number of allylic oxidation sites excluding steroid dienone is 1. The molecular formula is C35H55N5O7. The minimum absolute atomic E-state index is 0.00262. The van der Waals surface area contributed by atoms with Gasteiger partial charge < -0.3 is 9.47 Å². The molecule has 12 nitrogen and oxygen atoms in total. The van der Waals surface area contributed by atoms with Gasteiger partial charge in [0.1, 0.15) is 5.60 Å². The van der Waals surface area contributed by atoms with E-state index in [4.69, 9.17) is 14.3 Å². The second-order valence-electron chi connectivity index (χ2n) is 14.1. The van der Waals surface area contributed by atoms with Crippen LogP contribution in [0.15, 0.2) is 36.4 Å². The van der Waals surface area contributed by atoms with Crippen molar-refractivity contribution < 1.29 is 33.5 Å². The Morgan fingerprint density at radius 1 is 0.957 bits per heavy atom. The molecule has 0 aromatic heterocycles. The quantitative estimate of drug-likeness (QED) is 0.268. The van der Waals surface area contributed by atoms with Gasteiger partial charge in [0.25, 0.3) is 0 Å². The van der Waals surface area contributed by atoms with E-state index < -0.39 is 47.7 Å². The van der Waals surface area contributed by atoms with Crippen LogP contribution in [-0.4, -0.2) is 77.1 Å². The summed E-state index contributed by atoms with van der Waals surface area (Å²) in [5.74, 6) is -2.43. The highest BCUT2D eigenvalue weighted by atomic mass is 16.8. The lowest BCUT2D eigenvalue weighted by molar-refractivity contribution is -0.203. The number of hydroxylamine groups is 1. The van der Waals surface area contributed by atoms with E-state index in [0.29, 0.717) is 39.0 Å².